The van der Waals surface area contributed by atoms with Gasteiger partial charge in [-0.3, -0.25) is 0 Å². The number of hydrogen-bond acceptors (Lipinski definition) is 1. The van der Waals surface area contributed by atoms with Crippen LogP contribution in [0.5, 0.6) is 0 Å². The predicted molar refractivity (Wildman–Crippen MR) is 115 cm³/mol. The molecule has 0 aliphatic rings. The van der Waals surface area contributed by atoms with Crippen molar-refractivity contribution < 1.29 is 20.1 Å². The van der Waals surface area contributed by atoms with Crippen LogP contribution in [0, 0.1) is 32.0 Å². The molecule has 0 aliphatic heterocycles. The number of aromatic nitrogens is 1. The summed E-state index contributed by atoms with van der Waals surface area (Å²) in [6.45, 7) is 4.14. The van der Waals surface area contributed by atoms with Crippen LogP contribution in [0.15, 0.2) is 83.5 Å². The van der Waals surface area contributed by atoms with Gasteiger partial charge in [-0.1, -0.05) is 39.0 Å². The van der Waals surface area contributed by atoms with Crippen LogP contribution in [-0.2, 0) is 20.1 Å². The molecule has 0 spiro atoms. The van der Waals surface area contributed by atoms with Gasteiger partial charge in [-0.05, 0) is 18.7 Å². The zero-order chi connectivity index (χ0) is 19.1. The number of hydrogen-bond donors (Lipinski definition) is 0. The Morgan fingerprint density at radius 3 is 2.11 bits per heavy atom. The molecule has 0 radical (unpaired) electrons. The van der Waals surface area contributed by atoms with Crippen molar-refractivity contribution in [2.24, 2.45) is 0 Å². The summed E-state index contributed by atoms with van der Waals surface area (Å²) in [6.07, 6.45) is 1.82. The number of rotatable bonds is 2. The Morgan fingerprint density at radius 2 is 1.43 bits per heavy atom. The maximum atomic E-state index is 4.30. The van der Waals surface area contributed by atoms with Crippen molar-refractivity contribution in [3.63, 3.8) is 0 Å². The van der Waals surface area contributed by atoms with E-state index in [0.717, 1.165) is 26.9 Å². The van der Waals surface area contributed by atoms with Crippen molar-refractivity contribution in [3.8, 4) is 22.4 Å². The van der Waals surface area contributed by atoms with Crippen molar-refractivity contribution >= 4 is 15.9 Å². The van der Waals surface area contributed by atoms with Crippen molar-refractivity contribution in [1.29, 1.82) is 0 Å². The molecule has 0 N–H and O–H groups in total. The SMILES string of the molecule is Cc1cc[c-]c(-c2[c-]cccc2)c1.Cc1ccnc(-c2[c-]ccc(Br)c2)c1.[Ir+3]. The first-order valence-electron chi connectivity index (χ1n) is 8.67. The van der Waals surface area contributed by atoms with Crippen molar-refractivity contribution in [2.75, 3.05) is 0 Å². The number of halogens is 1. The van der Waals surface area contributed by atoms with Gasteiger partial charge in [0.15, 0.2) is 0 Å². The van der Waals surface area contributed by atoms with Gasteiger partial charge in [0, 0.05) is 6.20 Å². The van der Waals surface area contributed by atoms with Crippen LogP contribution in [0.4, 0.5) is 0 Å². The summed E-state index contributed by atoms with van der Waals surface area (Å²) in [5.41, 5.74) is 6.66. The Bertz CT molecular complexity index is 972. The minimum absolute atomic E-state index is 0. The molecule has 0 amide bonds. The summed E-state index contributed by atoms with van der Waals surface area (Å²) in [5.74, 6) is 0. The molecule has 28 heavy (non-hydrogen) atoms. The first kappa shape index (κ1) is 22.2. The van der Waals surface area contributed by atoms with E-state index >= 15 is 0 Å². The minimum atomic E-state index is 0. The van der Waals surface area contributed by atoms with Gasteiger partial charge in [-0.15, -0.1) is 47.5 Å². The smallest absolute Gasteiger partial charge is 0.305 e. The van der Waals surface area contributed by atoms with Gasteiger partial charge in [0.2, 0.25) is 0 Å². The van der Waals surface area contributed by atoms with Crippen molar-refractivity contribution in [1.82, 2.24) is 4.98 Å². The van der Waals surface area contributed by atoms with E-state index in [2.05, 4.69) is 65.1 Å². The number of nitrogens with zero attached hydrogens (tertiary/aromatic N) is 1. The maximum absolute atomic E-state index is 4.30. The van der Waals surface area contributed by atoms with Crippen LogP contribution >= 0.6 is 15.9 Å². The Hall–Kier alpha value is -2.06. The standard InChI is InChI=1S/C13H10.C12H9BrN.Ir/c1-11-6-5-9-13(10-11)12-7-3-2-4-8-12;1-9-5-6-14-12(7-9)10-3-2-4-11(13)8-10;/h2-7,10H,1H3;2,4-8H,1H3;/q-2;-1;+3. The van der Waals surface area contributed by atoms with E-state index in [0.29, 0.717) is 0 Å². The van der Waals surface area contributed by atoms with Crippen LogP contribution in [0.1, 0.15) is 11.1 Å². The maximum Gasteiger partial charge on any atom is 3.00 e. The Morgan fingerprint density at radius 1 is 0.714 bits per heavy atom. The third kappa shape index (κ3) is 6.52. The minimum Gasteiger partial charge on any atom is -0.305 e. The number of aryl methyl sites for hydroxylation is 2. The molecule has 3 aromatic carbocycles. The largest absolute Gasteiger partial charge is 3.00 e. The zero-order valence-electron chi connectivity index (χ0n) is 15.7. The second-order valence-corrected chi connectivity index (χ2v) is 7.11. The summed E-state index contributed by atoms with van der Waals surface area (Å²) < 4.78 is 1.05. The molecular weight excluding hydrogens is 586 g/mol. The van der Waals surface area contributed by atoms with Gasteiger partial charge >= 0.3 is 20.1 Å². The second-order valence-electron chi connectivity index (χ2n) is 6.19. The Balaban J connectivity index is 0.000000194. The van der Waals surface area contributed by atoms with E-state index in [1.807, 2.05) is 66.9 Å². The quantitative estimate of drug-likeness (QED) is 0.227. The van der Waals surface area contributed by atoms with E-state index in [-0.39, 0.29) is 20.1 Å². The van der Waals surface area contributed by atoms with Crippen molar-refractivity contribution in [2.45, 2.75) is 13.8 Å². The van der Waals surface area contributed by atoms with Gasteiger partial charge in [0.25, 0.3) is 0 Å². The molecular formula is C25H19BrIrN. The molecule has 0 atom stereocenters. The molecule has 1 heterocycles. The van der Waals surface area contributed by atoms with E-state index in [1.165, 1.54) is 11.1 Å². The molecule has 0 unspecified atom stereocenters. The number of pyridine rings is 1. The first-order chi connectivity index (χ1) is 13.1. The molecule has 0 aliphatic carbocycles. The zero-order valence-corrected chi connectivity index (χ0v) is 19.6. The molecule has 3 heteroatoms. The molecule has 1 aromatic heterocycles. The molecule has 0 bridgehead atoms. The van der Waals surface area contributed by atoms with Crippen LogP contribution in [0.25, 0.3) is 22.4 Å². The van der Waals surface area contributed by atoms with Crippen LogP contribution < -0.4 is 0 Å². The molecule has 4 aromatic rings. The Labute approximate surface area is 189 Å². The molecule has 1 nitrogen and oxygen atoms in total. The third-order valence-electron chi connectivity index (χ3n) is 3.91. The fourth-order valence-electron chi connectivity index (χ4n) is 2.57. The Kier molecular flexibility index (Phi) is 8.79. The summed E-state index contributed by atoms with van der Waals surface area (Å²) in [4.78, 5) is 4.30. The average Bonchev–Trinajstić information content (AvgIpc) is 2.69. The summed E-state index contributed by atoms with van der Waals surface area (Å²) >= 11 is 3.43. The van der Waals surface area contributed by atoms with E-state index in [9.17, 15) is 0 Å². The molecule has 0 fully saturated rings. The fraction of sp³-hybridized carbons (Fsp3) is 0.0800. The van der Waals surface area contributed by atoms with Gasteiger partial charge in [-0.25, -0.2) is 11.1 Å². The molecule has 0 saturated heterocycles. The second kappa shape index (κ2) is 11.1. The molecule has 4 rings (SSSR count). The van der Waals surface area contributed by atoms with Gasteiger partial charge in [0.05, 0.1) is 0 Å². The van der Waals surface area contributed by atoms with Gasteiger partial charge < -0.3 is 4.98 Å². The van der Waals surface area contributed by atoms with E-state index in [4.69, 9.17) is 0 Å². The first-order valence-corrected chi connectivity index (χ1v) is 9.47. The fourth-order valence-corrected chi connectivity index (χ4v) is 2.93. The van der Waals surface area contributed by atoms with E-state index in [1.54, 1.807) is 0 Å². The van der Waals surface area contributed by atoms with Gasteiger partial charge in [0.1, 0.15) is 0 Å². The molecule has 0 saturated carbocycles. The average molecular weight is 606 g/mol. The number of benzene rings is 3. The van der Waals surface area contributed by atoms with Crippen LogP contribution in [-0.4, -0.2) is 4.98 Å². The molecule has 140 valence electrons. The summed E-state index contributed by atoms with van der Waals surface area (Å²) in [7, 11) is 0. The van der Waals surface area contributed by atoms with Crippen molar-refractivity contribution in [3.05, 3.63) is 113 Å². The normalized spacial score (nSPS) is 9.68. The monoisotopic (exact) mass is 605 g/mol. The van der Waals surface area contributed by atoms with Crippen LogP contribution in [0.3, 0.4) is 0 Å². The summed E-state index contributed by atoms with van der Waals surface area (Å²) in [6, 6.07) is 33.5. The van der Waals surface area contributed by atoms with Crippen LogP contribution in [0.2, 0.25) is 0 Å². The summed E-state index contributed by atoms with van der Waals surface area (Å²) in [5, 5.41) is 0. The van der Waals surface area contributed by atoms with Gasteiger partial charge in [-0.2, -0.15) is 42.5 Å². The topological polar surface area (TPSA) is 12.9 Å². The third-order valence-corrected chi connectivity index (χ3v) is 4.40. The van der Waals surface area contributed by atoms with E-state index < -0.39 is 0 Å². The predicted octanol–water partition coefficient (Wildman–Crippen LogP) is 6.88.